The predicted molar refractivity (Wildman–Crippen MR) is 78.6 cm³/mol. The monoisotopic (exact) mass is 285 g/mol. The number of fused-ring (bicyclic) bond motifs is 1. The van der Waals surface area contributed by atoms with Crippen molar-refractivity contribution in [3.63, 3.8) is 0 Å². The van der Waals surface area contributed by atoms with Crippen LogP contribution in [0.25, 0.3) is 0 Å². The first-order valence-corrected chi connectivity index (χ1v) is 6.63. The fraction of sp³-hybridized carbons (Fsp3) is 0.125. The van der Waals surface area contributed by atoms with Gasteiger partial charge in [-0.2, -0.15) is 0 Å². The third-order valence-corrected chi connectivity index (χ3v) is 3.77. The molecule has 1 aliphatic rings. The molecule has 0 bridgehead atoms. The van der Waals surface area contributed by atoms with E-state index in [1.54, 1.807) is 24.3 Å². The Morgan fingerprint density at radius 1 is 0.950 bits per heavy atom. The van der Waals surface area contributed by atoms with Crippen molar-refractivity contribution in [2.24, 2.45) is 0 Å². The Labute approximate surface area is 121 Å². The number of nitrogens with zero attached hydrogens (tertiary/aromatic N) is 1. The number of rotatable bonds is 1. The first-order valence-electron chi connectivity index (χ1n) is 6.26. The minimum absolute atomic E-state index is 0.355. The fourth-order valence-electron chi connectivity index (χ4n) is 2.36. The van der Waals surface area contributed by atoms with Crippen LogP contribution in [-0.2, 0) is 4.79 Å². The molecular formula is C16H12ClNO2. The molecule has 0 aromatic heterocycles. The summed E-state index contributed by atoms with van der Waals surface area (Å²) < 4.78 is 0. The lowest BCUT2D eigenvalue weighted by molar-refractivity contribution is -0.119. The lowest BCUT2D eigenvalue weighted by Crippen LogP contribution is -2.51. The molecule has 2 aromatic carbocycles. The number of anilines is 2. The normalized spacial score (nSPS) is 21.8. The number of carbonyl (C=O) groups is 2. The Balaban J connectivity index is 2.26. The van der Waals surface area contributed by atoms with Gasteiger partial charge in [-0.25, -0.2) is 0 Å². The first-order chi connectivity index (χ1) is 9.53. The smallest absolute Gasteiger partial charge is 0.260 e. The highest BCUT2D eigenvalue weighted by molar-refractivity contribution is 6.52. The zero-order valence-electron chi connectivity index (χ0n) is 10.8. The van der Waals surface area contributed by atoms with Gasteiger partial charge in [0.1, 0.15) is 0 Å². The maximum absolute atomic E-state index is 12.6. The summed E-state index contributed by atoms with van der Waals surface area (Å²) in [6.07, 6.45) is 0. The maximum Gasteiger partial charge on any atom is 0.260 e. The van der Waals surface area contributed by atoms with Crippen molar-refractivity contribution in [1.29, 1.82) is 0 Å². The van der Waals surface area contributed by atoms with Crippen LogP contribution in [0.1, 0.15) is 17.3 Å². The molecule has 1 atom stereocenters. The van der Waals surface area contributed by atoms with Crippen LogP contribution in [0, 0.1) is 0 Å². The van der Waals surface area contributed by atoms with Crippen molar-refractivity contribution in [2.45, 2.75) is 11.8 Å². The molecule has 1 heterocycles. The highest BCUT2D eigenvalue weighted by Gasteiger charge is 2.48. The molecule has 3 rings (SSSR count). The van der Waals surface area contributed by atoms with Gasteiger partial charge in [-0.05, 0) is 31.2 Å². The quantitative estimate of drug-likeness (QED) is 0.593. The molecule has 0 saturated carbocycles. The van der Waals surface area contributed by atoms with Crippen molar-refractivity contribution >= 4 is 34.7 Å². The standard InChI is InChI=1S/C16H12ClNO2/c1-16(17)14(19)12-9-5-6-10-13(12)18(15(16)20)11-7-3-2-4-8-11/h2-10H,1H3. The third-order valence-electron chi connectivity index (χ3n) is 3.44. The summed E-state index contributed by atoms with van der Waals surface area (Å²) >= 11 is 6.20. The molecule has 0 saturated heterocycles. The summed E-state index contributed by atoms with van der Waals surface area (Å²) in [4.78, 5) is 24.9. The SMILES string of the molecule is CC1(Cl)C(=O)c2ccccc2N(c2ccccc2)C1=O. The number of alkyl halides is 1. The molecule has 100 valence electrons. The van der Waals surface area contributed by atoms with Gasteiger partial charge >= 0.3 is 0 Å². The highest BCUT2D eigenvalue weighted by Crippen LogP contribution is 2.40. The predicted octanol–water partition coefficient (Wildman–Crippen LogP) is 3.55. The number of ketones is 1. The fourth-order valence-corrected chi connectivity index (χ4v) is 2.55. The molecule has 0 radical (unpaired) electrons. The highest BCUT2D eigenvalue weighted by atomic mass is 35.5. The van der Waals surface area contributed by atoms with Crippen LogP contribution in [0.15, 0.2) is 54.6 Å². The molecule has 4 heteroatoms. The Bertz CT molecular complexity index is 695. The van der Waals surface area contributed by atoms with Crippen molar-refractivity contribution in [2.75, 3.05) is 4.90 Å². The van der Waals surface area contributed by atoms with Gasteiger partial charge in [0.2, 0.25) is 0 Å². The number of benzene rings is 2. The number of carbonyl (C=O) groups excluding carboxylic acids is 2. The van der Waals surface area contributed by atoms with Gasteiger partial charge in [-0.1, -0.05) is 41.9 Å². The molecule has 0 N–H and O–H groups in total. The molecular weight excluding hydrogens is 274 g/mol. The van der Waals surface area contributed by atoms with Crippen molar-refractivity contribution in [1.82, 2.24) is 0 Å². The molecule has 0 fully saturated rings. The molecule has 0 spiro atoms. The van der Waals surface area contributed by atoms with E-state index in [0.29, 0.717) is 16.9 Å². The molecule has 2 aromatic rings. The molecule has 1 amide bonds. The van der Waals surface area contributed by atoms with E-state index in [4.69, 9.17) is 11.6 Å². The van der Waals surface area contributed by atoms with E-state index in [0.717, 1.165) is 0 Å². The molecule has 1 unspecified atom stereocenters. The minimum atomic E-state index is -1.57. The van der Waals surface area contributed by atoms with Crippen molar-refractivity contribution < 1.29 is 9.59 Å². The largest absolute Gasteiger partial charge is 0.292 e. The Kier molecular flexibility index (Phi) is 2.87. The topological polar surface area (TPSA) is 37.4 Å². The lowest BCUT2D eigenvalue weighted by atomic mass is 9.90. The summed E-state index contributed by atoms with van der Waals surface area (Å²) in [6.45, 7) is 1.45. The number of hydrogen-bond acceptors (Lipinski definition) is 2. The van der Waals surface area contributed by atoms with Crippen LogP contribution >= 0.6 is 11.6 Å². The second-order valence-corrected chi connectivity index (χ2v) is 5.58. The molecule has 0 aliphatic carbocycles. The number of para-hydroxylation sites is 2. The van der Waals surface area contributed by atoms with E-state index in [1.165, 1.54) is 11.8 Å². The van der Waals surface area contributed by atoms with Gasteiger partial charge in [0.05, 0.1) is 5.69 Å². The van der Waals surface area contributed by atoms with Gasteiger partial charge in [-0.3, -0.25) is 14.5 Å². The molecule has 20 heavy (non-hydrogen) atoms. The van der Waals surface area contributed by atoms with E-state index < -0.39 is 10.8 Å². The lowest BCUT2D eigenvalue weighted by Gasteiger charge is -2.35. The zero-order chi connectivity index (χ0) is 14.3. The van der Waals surface area contributed by atoms with Crippen LogP contribution < -0.4 is 4.90 Å². The van der Waals surface area contributed by atoms with Gasteiger partial charge in [-0.15, -0.1) is 0 Å². The summed E-state index contributed by atoms with van der Waals surface area (Å²) in [5, 5.41) is 0. The Morgan fingerprint density at radius 3 is 2.25 bits per heavy atom. The van der Waals surface area contributed by atoms with Crippen LogP contribution in [0.4, 0.5) is 11.4 Å². The average molecular weight is 286 g/mol. The number of Topliss-reactive ketones (excluding diaryl/α,β-unsaturated/α-hetero) is 1. The number of amides is 1. The van der Waals surface area contributed by atoms with Crippen LogP contribution in [0.3, 0.4) is 0 Å². The van der Waals surface area contributed by atoms with Crippen LogP contribution in [-0.4, -0.2) is 16.6 Å². The average Bonchev–Trinajstić information content (AvgIpc) is 2.47. The second-order valence-electron chi connectivity index (χ2n) is 4.83. The Hall–Kier alpha value is -2.13. The minimum Gasteiger partial charge on any atom is -0.292 e. The van der Waals surface area contributed by atoms with Gasteiger partial charge < -0.3 is 0 Å². The molecule has 1 aliphatic heterocycles. The summed E-state index contributed by atoms with van der Waals surface area (Å²) in [7, 11) is 0. The Morgan fingerprint density at radius 2 is 1.55 bits per heavy atom. The van der Waals surface area contributed by atoms with Gasteiger partial charge in [0.15, 0.2) is 10.7 Å². The molecule has 3 nitrogen and oxygen atoms in total. The third kappa shape index (κ3) is 1.74. The van der Waals surface area contributed by atoms with Crippen molar-refractivity contribution in [3.05, 3.63) is 60.2 Å². The van der Waals surface area contributed by atoms with E-state index >= 15 is 0 Å². The van der Waals surface area contributed by atoms with Crippen LogP contribution in [0.5, 0.6) is 0 Å². The number of hydrogen-bond donors (Lipinski definition) is 0. The maximum atomic E-state index is 12.6. The van der Waals surface area contributed by atoms with E-state index in [2.05, 4.69) is 0 Å². The number of halogens is 1. The van der Waals surface area contributed by atoms with Gasteiger partial charge in [0, 0.05) is 11.3 Å². The summed E-state index contributed by atoms with van der Waals surface area (Å²) in [6, 6.07) is 16.2. The second kappa shape index (κ2) is 4.46. The van der Waals surface area contributed by atoms with E-state index in [1.807, 2.05) is 30.3 Å². The van der Waals surface area contributed by atoms with Gasteiger partial charge in [0.25, 0.3) is 5.91 Å². The summed E-state index contributed by atoms with van der Waals surface area (Å²) in [5.74, 6) is -0.777. The van der Waals surface area contributed by atoms with Crippen LogP contribution in [0.2, 0.25) is 0 Å². The van der Waals surface area contributed by atoms with E-state index in [-0.39, 0.29) is 5.78 Å². The first kappa shape index (κ1) is 12.9. The van der Waals surface area contributed by atoms with Crippen molar-refractivity contribution in [3.8, 4) is 0 Å². The zero-order valence-corrected chi connectivity index (χ0v) is 11.6. The van der Waals surface area contributed by atoms with E-state index in [9.17, 15) is 9.59 Å². The summed E-state index contributed by atoms with van der Waals surface area (Å²) in [5.41, 5.74) is 1.74.